The van der Waals surface area contributed by atoms with E-state index in [4.69, 9.17) is 4.74 Å². The van der Waals surface area contributed by atoms with Gasteiger partial charge in [0.25, 0.3) is 0 Å². The van der Waals surface area contributed by atoms with Crippen LogP contribution < -0.4 is 10.2 Å². The summed E-state index contributed by atoms with van der Waals surface area (Å²) in [5.74, 6) is 0. The molecule has 7 nitrogen and oxygen atoms in total. The first kappa shape index (κ1) is 18.9. The Labute approximate surface area is 156 Å². The van der Waals surface area contributed by atoms with E-state index in [-0.39, 0.29) is 6.03 Å². The van der Waals surface area contributed by atoms with E-state index in [0.717, 1.165) is 71.3 Å². The summed E-state index contributed by atoms with van der Waals surface area (Å²) in [5.41, 5.74) is 2.05. The van der Waals surface area contributed by atoms with Crippen molar-refractivity contribution in [3.8, 4) is 0 Å². The van der Waals surface area contributed by atoms with Crippen molar-refractivity contribution >= 4 is 17.4 Å². The first-order valence-electron chi connectivity index (χ1n) is 9.47. The number of hydrogen-bond acceptors (Lipinski definition) is 5. The van der Waals surface area contributed by atoms with Crippen LogP contribution in [-0.4, -0.2) is 100 Å². The first-order valence-corrected chi connectivity index (χ1v) is 9.47. The van der Waals surface area contributed by atoms with Gasteiger partial charge < -0.3 is 19.9 Å². The van der Waals surface area contributed by atoms with Crippen LogP contribution in [0.15, 0.2) is 24.3 Å². The molecule has 1 N–H and O–H groups in total. The van der Waals surface area contributed by atoms with E-state index in [9.17, 15) is 4.79 Å². The fourth-order valence-electron chi connectivity index (χ4n) is 3.33. The second-order valence-electron chi connectivity index (χ2n) is 7.15. The zero-order chi connectivity index (χ0) is 18.4. The minimum atomic E-state index is -0.105. The monoisotopic (exact) mass is 361 g/mol. The number of hydrogen-bond donors (Lipinski definition) is 1. The molecule has 0 unspecified atom stereocenters. The van der Waals surface area contributed by atoms with Crippen molar-refractivity contribution in [2.24, 2.45) is 0 Å². The van der Waals surface area contributed by atoms with E-state index >= 15 is 0 Å². The molecule has 0 radical (unpaired) electrons. The average molecular weight is 361 g/mol. The van der Waals surface area contributed by atoms with Crippen LogP contribution in [-0.2, 0) is 4.74 Å². The fraction of sp³-hybridized carbons (Fsp3) is 0.632. The third-order valence-electron chi connectivity index (χ3n) is 5.10. The number of benzene rings is 1. The van der Waals surface area contributed by atoms with E-state index in [1.807, 2.05) is 12.1 Å². The van der Waals surface area contributed by atoms with Gasteiger partial charge >= 0.3 is 6.03 Å². The summed E-state index contributed by atoms with van der Waals surface area (Å²) in [6.45, 7) is 10.5. The van der Waals surface area contributed by atoms with Crippen molar-refractivity contribution < 1.29 is 9.53 Å². The number of carbonyl (C=O) groups excluding carboxylic acids is 1. The van der Waals surface area contributed by atoms with E-state index in [0.29, 0.717) is 0 Å². The van der Waals surface area contributed by atoms with Crippen LogP contribution >= 0.6 is 0 Å². The van der Waals surface area contributed by atoms with Crippen LogP contribution in [0.5, 0.6) is 0 Å². The molecule has 1 aromatic carbocycles. The Morgan fingerprint density at radius 3 is 2.12 bits per heavy atom. The van der Waals surface area contributed by atoms with Crippen molar-refractivity contribution in [2.75, 3.05) is 89.9 Å². The van der Waals surface area contributed by atoms with Gasteiger partial charge in [0.05, 0.1) is 13.2 Å². The molecular formula is C19H31N5O2. The molecule has 2 saturated heterocycles. The maximum Gasteiger partial charge on any atom is 0.321 e. The first-order chi connectivity index (χ1) is 12.6. The summed E-state index contributed by atoms with van der Waals surface area (Å²) in [4.78, 5) is 20.7. The second kappa shape index (κ2) is 9.21. The maximum atomic E-state index is 11.7. The lowest BCUT2D eigenvalue weighted by Crippen LogP contribution is -2.49. The predicted octanol–water partition coefficient (Wildman–Crippen LogP) is 1.23. The predicted molar refractivity (Wildman–Crippen MR) is 105 cm³/mol. The molecule has 0 atom stereocenters. The molecule has 7 heteroatoms. The zero-order valence-corrected chi connectivity index (χ0v) is 16.0. The number of nitrogens with zero attached hydrogens (tertiary/aromatic N) is 4. The SMILES string of the molecule is CN(C)C(=O)Nc1ccc(N2CCN(CCN3CCOCC3)CC2)cc1. The van der Waals surface area contributed by atoms with Crippen molar-refractivity contribution in [2.45, 2.75) is 0 Å². The van der Waals surface area contributed by atoms with E-state index < -0.39 is 0 Å². The van der Waals surface area contributed by atoms with Gasteiger partial charge in [0.1, 0.15) is 0 Å². The summed E-state index contributed by atoms with van der Waals surface area (Å²) in [6, 6.07) is 8.03. The Morgan fingerprint density at radius 2 is 1.54 bits per heavy atom. The van der Waals surface area contributed by atoms with E-state index in [1.165, 1.54) is 10.6 Å². The molecule has 3 rings (SSSR count). The number of amides is 2. The van der Waals surface area contributed by atoms with Crippen LogP contribution in [0.3, 0.4) is 0 Å². The number of nitrogens with one attached hydrogen (secondary N) is 1. The summed E-state index contributed by atoms with van der Waals surface area (Å²) in [5, 5.41) is 2.87. The lowest BCUT2D eigenvalue weighted by atomic mass is 10.2. The van der Waals surface area contributed by atoms with Gasteiger partial charge in [-0.25, -0.2) is 4.79 Å². The van der Waals surface area contributed by atoms with Gasteiger partial charge in [0.2, 0.25) is 0 Å². The van der Waals surface area contributed by atoms with Crippen LogP contribution in [0.25, 0.3) is 0 Å². The van der Waals surface area contributed by atoms with E-state index in [2.05, 4.69) is 32.1 Å². The third kappa shape index (κ3) is 5.33. The molecule has 2 aliphatic heterocycles. The highest BCUT2D eigenvalue weighted by molar-refractivity contribution is 5.89. The molecule has 0 saturated carbocycles. The van der Waals surface area contributed by atoms with Gasteiger partial charge in [0, 0.05) is 77.8 Å². The maximum absolute atomic E-state index is 11.7. The van der Waals surface area contributed by atoms with Gasteiger partial charge in [-0.15, -0.1) is 0 Å². The summed E-state index contributed by atoms with van der Waals surface area (Å²) >= 11 is 0. The van der Waals surface area contributed by atoms with Crippen LogP contribution in [0.2, 0.25) is 0 Å². The highest BCUT2D eigenvalue weighted by Gasteiger charge is 2.18. The molecule has 0 bridgehead atoms. The Bertz CT molecular complexity index is 564. The molecule has 0 aromatic heterocycles. The minimum Gasteiger partial charge on any atom is -0.379 e. The molecule has 2 aliphatic rings. The van der Waals surface area contributed by atoms with Gasteiger partial charge in [-0.3, -0.25) is 9.80 Å². The smallest absolute Gasteiger partial charge is 0.321 e. The summed E-state index contributed by atoms with van der Waals surface area (Å²) < 4.78 is 5.41. The summed E-state index contributed by atoms with van der Waals surface area (Å²) in [6.07, 6.45) is 0. The quantitative estimate of drug-likeness (QED) is 0.855. The normalized spacial score (nSPS) is 19.4. The molecule has 26 heavy (non-hydrogen) atoms. The van der Waals surface area contributed by atoms with Gasteiger partial charge in [0.15, 0.2) is 0 Å². The largest absolute Gasteiger partial charge is 0.379 e. The van der Waals surface area contributed by atoms with E-state index in [1.54, 1.807) is 14.1 Å². The number of piperazine rings is 1. The Hall–Kier alpha value is -1.83. The number of ether oxygens (including phenoxy) is 1. The van der Waals surface area contributed by atoms with Gasteiger partial charge in [-0.2, -0.15) is 0 Å². The number of morpholine rings is 1. The number of urea groups is 1. The number of carbonyl (C=O) groups is 1. The molecule has 2 amide bonds. The van der Waals surface area contributed by atoms with Gasteiger partial charge in [-0.05, 0) is 24.3 Å². The lowest BCUT2D eigenvalue weighted by Gasteiger charge is -2.37. The van der Waals surface area contributed by atoms with Crippen LogP contribution in [0.4, 0.5) is 16.2 Å². The second-order valence-corrected chi connectivity index (χ2v) is 7.15. The van der Waals surface area contributed by atoms with Crippen LogP contribution in [0.1, 0.15) is 0 Å². The Kier molecular flexibility index (Phi) is 6.71. The zero-order valence-electron chi connectivity index (χ0n) is 16.0. The number of rotatable bonds is 5. The van der Waals surface area contributed by atoms with Crippen molar-refractivity contribution in [3.05, 3.63) is 24.3 Å². The average Bonchev–Trinajstić information content (AvgIpc) is 2.68. The van der Waals surface area contributed by atoms with Crippen molar-refractivity contribution in [3.63, 3.8) is 0 Å². The topological polar surface area (TPSA) is 51.3 Å². The molecule has 0 spiro atoms. The fourth-order valence-corrected chi connectivity index (χ4v) is 3.33. The standard InChI is InChI=1S/C19H31N5O2/c1-21(2)19(25)20-17-3-5-18(6-4-17)24-11-9-22(10-12-24)7-8-23-13-15-26-16-14-23/h3-6H,7-16H2,1-2H3,(H,20,25). The van der Waals surface area contributed by atoms with Crippen molar-refractivity contribution in [1.29, 1.82) is 0 Å². The lowest BCUT2D eigenvalue weighted by molar-refractivity contribution is 0.0331. The van der Waals surface area contributed by atoms with Crippen LogP contribution in [0, 0.1) is 0 Å². The minimum absolute atomic E-state index is 0.105. The third-order valence-corrected chi connectivity index (χ3v) is 5.10. The summed E-state index contributed by atoms with van der Waals surface area (Å²) in [7, 11) is 3.48. The Morgan fingerprint density at radius 1 is 0.962 bits per heavy atom. The molecule has 1 aromatic rings. The van der Waals surface area contributed by atoms with Gasteiger partial charge in [-0.1, -0.05) is 0 Å². The molecule has 2 fully saturated rings. The Balaban J connectivity index is 1.42. The highest BCUT2D eigenvalue weighted by Crippen LogP contribution is 2.19. The highest BCUT2D eigenvalue weighted by atomic mass is 16.5. The number of anilines is 2. The van der Waals surface area contributed by atoms with Crippen molar-refractivity contribution in [1.82, 2.24) is 14.7 Å². The molecule has 2 heterocycles. The molecule has 0 aliphatic carbocycles. The molecule has 144 valence electrons. The molecular weight excluding hydrogens is 330 g/mol.